The van der Waals surface area contributed by atoms with Gasteiger partial charge in [-0.15, -0.1) is 0 Å². The minimum Gasteiger partial charge on any atom is -0.345 e. The zero-order valence-corrected chi connectivity index (χ0v) is 11.8. The van der Waals surface area contributed by atoms with Crippen LogP contribution in [-0.2, 0) is 6.42 Å². The van der Waals surface area contributed by atoms with E-state index in [0.717, 1.165) is 5.92 Å². The van der Waals surface area contributed by atoms with E-state index in [4.69, 9.17) is 0 Å². The molecule has 0 aliphatic heterocycles. The molecule has 0 radical (unpaired) electrons. The maximum atomic E-state index is 2.37. The summed E-state index contributed by atoms with van der Waals surface area (Å²) in [5, 5.41) is 0. The van der Waals surface area contributed by atoms with Crippen molar-refractivity contribution in [2.45, 2.75) is 32.1 Å². The summed E-state index contributed by atoms with van der Waals surface area (Å²) in [7, 11) is 2.14. The third-order valence-corrected chi connectivity index (χ3v) is 4.27. The number of anilines is 2. The molecule has 1 aliphatic rings. The fourth-order valence-corrected chi connectivity index (χ4v) is 3.05. The Bertz CT molecular complexity index is 559. The third-order valence-electron chi connectivity index (χ3n) is 4.27. The van der Waals surface area contributed by atoms with Gasteiger partial charge in [0.2, 0.25) is 0 Å². The van der Waals surface area contributed by atoms with E-state index in [0.29, 0.717) is 0 Å². The number of fused-ring (bicyclic) bond motifs is 1. The quantitative estimate of drug-likeness (QED) is 0.734. The average molecular weight is 251 g/mol. The van der Waals surface area contributed by atoms with Crippen LogP contribution in [-0.4, -0.2) is 7.05 Å². The Kier molecular flexibility index (Phi) is 3.29. The lowest BCUT2D eigenvalue weighted by Gasteiger charge is -2.26. The molecule has 0 fully saturated rings. The minimum atomic E-state index is 0.722. The van der Waals surface area contributed by atoms with E-state index in [-0.39, 0.29) is 0 Å². The molecular formula is C18H21N. The normalized spacial score (nSPS) is 17.9. The second-order valence-electron chi connectivity index (χ2n) is 5.57. The predicted octanol–water partition coefficient (Wildman–Crippen LogP) is 4.89. The van der Waals surface area contributed by atoms with Gasteiger partial charge in [-0.25, -0.2) is 0 Å². The Hall–Kier alpha value is -1.76. The van der Waals surface area contributed by atoms with Crippen LogP contribution in [0.4, 0.5) is 11.4 Å². The van der Waals surface area contributed by atoms with Gasteiger partial charge in [0.1, 0.15) is 0 Å². The Morgan fingerprint density at radius 2 is 1.79 bits per heavy atom. The highest BCUT2D eigenvalue weighted by Crippen LogP contribution is 2.34. The van der Waals surface area contributed by atoms with Crippen LogP contribution in [0, 0.1) is 0 Å². The lowest BCUT2D eigenvalue weighted by Crippen LogP contribution is -2.12. The molecule has 0 heterocycles. The molecule has 0 amide bonds. The molecule has 0 N–H and O–H groups in total. The molecular weight excluding hydrogens is 230 g/mol. The van der Waals surface area contributed by atoms with Gasteiger partial charge in [-0.05, 0) is 60.6 Å². The molecule has 0 bridgehead atoms. The molecule has 0 aromatic heterocycles. The van der Waals surface area contributed by atoms with E-state index in [1.165, 1.54) is 30.6 Å². The zero-order chi connectivity index (χ0) is 13.2. The fourth-order valence-electron chi connectivity index (χ4n) is 3.05. The van der Waals surface area contributed by atoms with Crippen molar-refractivity contribution in [3.05, 3.63) is 59.7 Å². The van der Waals surface area contributed by atoms with Gasteiger partial charge in [-0.3, -0.25) is 0 Å². The minimum absolute atomic E-state index is 0.722. The highest BCUT2D eigenvalue weighted by Gasteiger charge is 2.17. The smallest absolute Gasteiger partial charge is 0.0411 e. The Balaban J connectivity index is 1.94. The van der Waals surface area contributed by atoms with Crippen molar-refractivity contribution >= 4 is 11.4 Å². The molecule has 1 atom stereocenters. The Morgan fingerprint density at radius 1 is 1.00 bits per heavy atom. The number of para-hydroxylation sites is 1. The molecule has 3 rings (SSSR count). The second-order valence-corrected chi connectivity index (χ2v) is 5.57. The van der Waals surface area contributed by atoms with Crippen LogP contribution in [0.1, 0.15) is 36.8 Å². The Labute approximate surface area is 115 Å². The van der Waals surface area contributed by atoms with Crippen LogP contribution in [0.3, 0.4) is 0 Å². The van der Waals surface area contributed by atoms with Crippen LogP contribution in [0.5, 0.6) is 0 Å². The van der Waals surface area contributed by atoms with Crippen molar-refractivity contribution in [2.24, 2.45) is 0 Å². The van der Waals surface area contributed by atoms with Crippen molar-refractivity contribution in [1.29, 1.82) is 0 Å². The first kappa shape index (κ1) is 12.3. The van der Waals surface area contributed by atoms with E-state index in [2.05, 4.69) is 67.4 Å². The number of hydrogen-bond donors (Lipinski definition) is 0. The summed E-state index contributed by atoms with van der Waals surface area (Å²) in [6.45, 7) is 2.35. The maximum Gasteiger partial charge on any atom is 0.0411 e. The zero-order valence-electron chi connectivity index (χ0n) is 11.8. The van der Waals surface area contributed by atoms with Crippen molar-refractivity contribution < 1.29 is 0 Å². The molecule has 1 aliphatic carbocycles. The highest BCUT2D eigenvalue weighted by molar-refractivity contribution is 5.64. The summed E-state index contributed by atoms with van der Waals surface area (Å²) in [5.41, 5.74) is 5.63. The van der Waals surface area contributed by atoms with E-state index in [1.54, 1.807) is 11.1 Å². The summed E-state index contributed by atoms with van der Waals surface area (Å²) in [6, 6.07) is 17.5. The van der Waals surface area contributed by atoms with E-state index < -0.39 is 0 Å². The Morgan fingerprint density at radius 3 is 2.58 bits per heavy atom. The molecule has 2 aromatic rings. The average Bonchev–Trinajstić information content (AvgIpc) is 2.47. The standard InChI is InChI=1S/C18H21N/c1-14-7-6-8-15-13-17(11-12-18(14)15)19(2)16-9-4-3-5-10-16/h3-5,9-14H,6-8H2,1-2H3. The summed E-state index contributed by atoms with van der Waals surface area (Å²) in [4.78, 5) is 2.26. The van der Waals surface area contributed by atoms with Gasteiger partial charge >= 0.3 is 0 Å². The number of nitrogens with zero attached hydrogens (tertiary/aromatic N) is 1. The molecule has 0 saturated carbocycles. The fraction of sp³-hybridized carbons (Fsp3) is 0.333. The first-order chi connectivity index (χ1) is 9.25. The van der Waals surface area contributed by atoms with Gasteiger partial charge in [0, 0.05) is 18.4 Å². The van der Waals surface area contributed by atoms with Gasteiger partial charge in [-0.2, -0.15) is 0 Å². The number of benzene rings is 2. The number of hydrogen-bond acceptors (Lipinski definition) is 1. The summed E-state index contributed by atoms with van der Waals surface area (Å²) in [5.74, 6) is 0.722. The van der Waals surface area contributed by atoms with E-state index in [1.807, 2.05) is 0 Å². The van der Waals surface area contributed by atoms with Gasteiger partial charge in [-0.1, -0.05) is 31.2 Å². The van der Waals surface area contributed by atoms with Crippen molar-refractivity contribution in [2.75, 3.05) is 11.9 Å². The second kappa shape index (κ2) is 5.08. The number of rotatable bonds is 2. The highest BCUT2D eigenvalue weighted by atomic mass is 15.1. The predicted molar refractivity (Wildman–Crippen MR) is 82.3 cm³/mol. The van der Waals surface area contributed by atoms with E-state index in [9.17, 15) is 0 Å². The molecule has 98 valence electrons. The van der Waals surface area contributed by atoms with Gasteiger partial charge in [0.15, 0.2) is 0 Å². The van der Waals surface area contributed by atoms with E-state index >= 15 is 0 Å². The van der Waals surface area contributed by atoms with Crippen LogP contribution in [0.15, 0.2) is 48.5 Å². The van der Waals surface area contributed by atoms with Crippen LogP contribution < -0.4 is 4.90 Å². The van der Waals surface area contributed by atoms with Crippen LogP contribution in [0.25, 0.3) is 0 Å². The van der Waals surface area contributed by atoms with Crippen molar-refractivity contribution in [3.63, 3.8) is 0 Å². The van der Waals surface area contributed by atoms with Gasteiger partial charge in [0.05, 0.1) is 0 Å². The van der Waals surface area contributed by atoms with Gasteiger partial charge in [0.25, 0.3) is 0 Å². The molecule has 19 heavy (non-hydrogen) atoms. The van der Waals surface area contributed by atoms with Gasteiger partial charge < -0.3 is 4.90 Å². The lowest BCUT2D eigenvalue weighted by atomic mass is 9.84. The SMILES string of the molecule is CC1CCCc2cc(N(C)c3ccccc3)ccc21. The van der Waals surface area contributed by atoms with Crippen LogP contribution >= 0.6 is 0 Å². The van der Waals surface area contributed by atoms with Crippen molar-refractivity contribution in [3.8, 4) is 0 Å². The molecule has 0 spiro atoms. The molecule has 0 saturated heterocycles. The maximum absolute atomic E-state index is 2.37. The number of aryl methyl sites for hydroxylation is 1. The molecule has 1 unspecified atom stereocenters. The summed E-state index contributed by atoms with van der Waals surface area (Å²) in [6.07, 6.45) is 3.89. The topological polar surface area (TPSA) is 3.24 Å². The third kappa shape index (κ3) is 2.37. The van der Waals surface area contributed by atoms with Crippen LogP contribution in [0.2, 0.25) is 0 Å². The molecule has 1 nitrogen and oxygen atoms in total. The van der Waals surface area contributed by atoms with Crippen molar-refractivity contribution in [1.82, 2.24) is 0 Å². The molecule has 2 aromatic carbocycles. The lowest BCUT2D eigenvalue weighted by molar-refractivity contribution is 0.590. The summed E-state index contributed by atoms with van der Waals surface area (Å²) >= 11 is 0. The molecule has 1 heteroatoms. The first-order valence-corrected chi connectivity index (χ1v) is 7.17. The first-order valence-electron chi connectivity index (χ1n) is 7.17. The monoisotopic (exact) mass is 251 g/mol. The summed E-state index contributed by atoms with van der Waals surface area (Å²) < 4.78 is 0. The largest absolute Gasteiger partial charge is 0.345 e.